The molecule has 0 radical (unpaired) electrons. The highest BCUT2D eigenvalue weighted by molar-refractivity contribution is 7.88. The van der Waals surface area contributed by atoms with E-state index in [-0.39, 0.29) is 17.1 Å². The summed E-state index contributed by atoms with van der Waals surface area (Å²) < 4.78 is 34.3. The number of methoxy groups -OCH3 is 1. The minimum absolute atomic E-state index is 0.201. The summed E-state index contributed by atoms with van der Waals surface area (Å²) in [4.78, 5) is 11.2. The fourth-order valence-corrected chi connectivity index (χ4v) is 1.85. The van der Waals surface area contributed by atoms with Crippen LogP contribution in [0.5, 0.6) is 0 Å². The average Bonchev–Trinajstić information content (AvgIpc) is 2.57. The monoisotopic (exact) mass is 247 g/mol. The summed E-state index contributed by atoms with van der Waals surface area (Å²) >= 11 is 0. The number of sulfonamides is 1. The van der Waals surface area contributed by atoms with E-state index in [1.54, 1.807) is 6.92 Å². The number of carbonyl (C=O) groups is 1. The van der Waals surface area contributed by atoms with Crippen molar-refractivity contribution in [2.45, 2.75) is 12.7 Å². The Bertz CT molecular complexity index is 488. The molecule has 0 amide bonds. The van der Waals surface area contributed by atoms with Crippen molar-refractivity contribution in [3.63, 3.8) is 0 Å². The summed E-state index contributed by atoms with van der Waals surface area (Å²) in [6.45, 7) is 1.57. The zero-order chi connectivity index (χ0) is 12.3. The number of aryl methyl sites for hydroxylation is 1. The largest absolute Gasteiger partial charge is 0.465 e. The van der Waals surface area contributed by atoms with Gasteiger partial charge in [0.15, 0.2) is 0 Å². The topological polar surface area (TPSA) is 85.6 Å². The molecule has 0 saturated carbocycles. The molecule has 6 nitrogen and oxygen atoms in total. The summed E-state index contributed by atoms with van der Waals surface area (Å²) in [7, 11) is -0.844. The lowest BCUT2D eigenvalue weighted by Gasteiger charge is -1.97. The van der Waals surface area contributed by atoms with E-state index in [1.165, 1.54) is 20.2 Å². The Balaban J connectivity index is 2.98. The van der Waals surface area contributed by atoms with Gasteiger partial charge in [0.2, 0.25) is 10.0 Å². The number of furan rings is 1. The van der Waals surface area contributed by atoms with Crippen LogP contribution in [-0.2, 0) is 20.5 Å². The van der Waals surface area contributed by atoms with E-state index in [0.29, 0.717) is 5.76 Å². The maximum atomic E-state index is 11.2. The zero-order valence-electron chi connectivity index (χ0n) is 9.23. The van der Waals surface area contributed by atoms with Gasteiger partial charge in [-0.05, 0) is 20.0 Å². The molecule has 0 bridgehead atoms. The van der Waals surface area contributed by atoms with Crippen LogP contribution in [0.2, 0.25) is 0 Å². The van der Waals surface area contributed by atoms with Gasteiger partial charge >= 0.3 is 5.97 Å². The molecule has 0 spiro atoms. The molecule has 1 rings (SSSR count). The molecule has 90 valence electrons. The van der Waals surface area contributed by atoms with Crippen molar-refractivity contribution < 1.29 is 22.4 Å². The van der Waals surface area contributed by atoms with Crippen LogP contribution in [0, 0.1) is 6.92 Å². The fraction of sp³-hybridized carbons (Fsp3) is 0.444. The number of esters is 1. The van der Waals surface area contributed by atoms with Crippen LogP contribution in [0.4, 0.5) is 0 Å². The maximum absolute atomic E-state index is 11.2. The van der Waals surface area contributed by atoms with E-state index in [4.69, 9.17) is 4.42 Å². The Morgan fingerprint density at radius 1 is 1.56 bits per heavy atom. The number of ether oxygens (including phenoxy) is 1. The van der Waals surface area contributed by atoms with Crippen LogP contribution in [0.25, 0.3) is 0 Å². The Morgan fingerprint density at radius 2 is 2.19 bits per heavy atom. The lowest BCUT2D eigenvalue weighted by Crippen LogP contribution is -2.20. The molecular weight excluding hydrogens is 234 g/mol. The predicted octanol–water partition coefficient (Wildman–Crippen LogP) is 0.424. The minimum atomic E-state index is -3.40. The molecule has 0 aliphatic rings. The van der Waals surface area contributed by atoms with Gasteiger partial charge < -0.3 is 9.15 Å². The highest BCUT2D eigenvalue weighted by Gasteiger charge is 2.18. The lowest BCUT2D eigenvalue weighted by molar-refractivity contribution is 0.0599. The molecule has 0 aromatic carbocycles. The summed E-state index contributed by atoms with van der Waals surface area (Å²) in [5, 5.41) is 0. The van der Waals surface area contributed by atoms with Crippen molar-refractivity contribution in [1.82, 2.24) is 4.72 Å². The quantitative estimate of drug-likeness (QED) is 0.779. The molecule has 1 aromatic heterocycles. The molecule has 16 heavy (non-hydrogen) atoms. The van der Waals surface area contributed by atoms with Crippen LogP contribution in [0.3, 0.4) is 0 Å². The maximum Gasteiger partial charge on any atom is 0.341 e. The van der Waals surface area contributed by atoms with Gasteiger partial charge in [-0.1, -0.05) is 0 Å². The number of rotatable bonds is 4. The third kappa shape index (κ3) is 2.83. The third-order valence-corrected chi connectivity index (χ3v) is 3.30. The first-order valence-electron chi connectivity index (χ1n) is 4.48. The van der Waals surface area contributed by atoms with Gasteiger partial charge in [-0.2, -0.15) is 0 Å². The number of hydrogen-bond donors (Lipinski definition) is 1. The van der Waals surface area contributed by atoms with E-state index in [2.05, 4.69) is 9.46 Å². The number of carbonyl (C=O) groups excluding carboxylic acids is 1. The molecular formula is C9H13NO5S. The Labute approximate surface area is 93.6 Å². The van der Waals surface area contributed by atoms with E-state index in [0.717, 1.165) is 0 Å². The van der Waals surface area contributed by atoms with Crippen molar-refractivity contribution in [2.75, 3.05) is 14.2 Å². The second kappa shape index (κ2) is 4.67. The van der Waals surface area contributed by atoms with E-state index < -0.39 is 16.0 Å². The molecule has 1 N–H and O–H groups in total. The van der Waals surface area contributed by atoms with E-state index >= 15 is 0 Å². The average molecular weight is 247 g/mol. The Kier molecular flexibility index (Phi) is 3.71. The Hall–Kier alpha value is -1.34. The molecule has 0 aliphatic carbocycles. The standard InChI is InChI=1S/C9H13NO5S/c1-6-8(9(11)14-3)4-7(15-6)5-16(12,13)10-2/h4,10H,5H2,1-3H3. The molecule has 0 aliphatic heterocycles. The van der Waals surface area contributed by atoms with Crippen LogP contribution >= 0.6 is 0 Å². The van der Waals surface area contributed by atoms with Crippen molar-refractivity contribution in [2.24, 2.45) is 0 Å². The zero-order valence-corrected chi connectivity index (χ0v) is 10.1. The SMILES string of the molecule is CNS(=O)(=O)Cc1cc(C(=O)OC)c(C)o1. The highest BCUT2D eigenvalue weighted by atomic mass is 32.2. The van der Waals surface area contributed by atoms with Gasteiger partial charge in [-0.15, -0.1) is 0 Å². The summed E-state index contributed by atoms with van der Waals surface area (Å²) in [6, 6.07) is 1.37. The van der Waals surface area contributed by atoms with Gasteiger partial charge in [0.1, 0.15) is 22.8 Å². The van der Waals surface area contributed by atoms with Crippen LogP contribution in [0.1, 0.15) is 21.9 Å². The second-order valence-corrected chi connectivity index (χ2v) is 5.06. The van der Waals surface area contributed by atoms with E-state index in [9.17, 15) is 13.2 Å². The predicted molar refractivity (Wildman–Crippen MR) is 56.5 cm³/mol. The summed E-state index contributed by atoms with van der Waals surface area (Å²) in [6.07, 6.45) is 0. The minimum Gasteiger partial charge on any atom is -0.465 e. The van der Waals surface area contributed by atoms with E-state index in [1.807, 2.05) is 0 Å². The molecule has 1 heterocycles. The first-order valence-corrected chi connectivity index (χ1v) is 6.13. The van der Waals surface area contributed by atoms with Gasteiger partial charge in [-0.3, -0.25) is 0 Å². The molecule has 0 saturated heterocycles. The van der Waals surface area contributed by atoms with Crippen LogP contribution in [0.15, 0.2) is 10.5 Å². The number of nitrogens with one attached hydrogen (secondary N) is 1. The molecule has 1 aromatic rings. The second-order valence-electron chi connectivity index (χ2n) is 3.14. The molecule has 0 atom stereocenters. The van der Waals surface area contributed by atoms with Crippen molar-refractivity contribution in [3.05, 3.63) is 23.2 Å². The van der Waals surface area contributed by atoms with Crippen molar-refractivity contribution >= 4 is 16.0 Å². The van der Waals surface area contributed by atoms with Gasteiger partial charge in [-0.25, -0.2) is 17.9 Å². The number of hydrogen-bond acceptors (Lipinski definition) is 5. The molecule has 7 heteroatoms. The molecule has 0 fully saturated rings. The van der Waals surface area contributed by atoms with Crippen LogP contribution < -0.4 is 4.72 Å². The van der Waals surface area contributed by atoms with Gasteiger partial charge in [0.05, 0.1) is 7.11 Å². The first-order chi connectivity index (χ1) is 7.39. The first kappa shape index (κ1) is 12.7. The Morgan fingerprint density at radius 3 is 2.69 bits per heavy atom. The normalized spacial score (nSPS) is 11.4. The third-order valence-electron chi connectivity index (χ3n) is 2.02. The summed E-state index contributed by atoms with van der Waals surface area (Å²) in [5.41, 5.74) is 0.240. The lowest BCUT2D eigenvalue weighted by atomic mass is 10.2. The van der Waals surface area contributed by atoms with Gasteiger partial charge in [0, 0.05) is 0 Å². The smallest absolute Gasteiger partial charge is 0.341 e. The van der Waals surface area contributed by atoms with Crippen molar-refractivity contribution in [1.29, 1.82) is 0 Å². The van der Waals surface area contributed by atoms with Crippen LogP contribution in [-0.4, -0.2) is 28.5 Å². The highest BCUT2D eigenvalue weighted by Crippen LogP contribution is 2.17. The fourth-order valence-electron chi connectivity index (χ4n) is 1.19. The van der Waals surface area contributed by atoms with Gasteiger partial charge in [0.25, 0.3) is 0 Å². The van der Waals surface area contributed by atoms with Crippen molar-refractivity contribution in [3.8, 4) is 0 Å². The molecule has 0 unspecified atom stereocenters. The summed E-state index contributed by atoms with van der Waals surface area (Å²) in [5.74, 6) is -0.309.